The van der Waals surface area contributed by atoms with Gasteiger partial charge in [-0.2, -0.15) is 13.8 Å². The van der Waals surface area contributed by atoms with Crippen molar-refractivity contribution >= 4 is 8.32 Å². The Hall–Kier alpha value is -0.853. The van der Waals surface area contributed by atoms with Crippen LogP contribution in [0.25, 0.3) is 0 Å². The van der Waals surface area contributed by atoms with Crippen LogP contribution in [0.1, 0.15) is 32.4 Å². The van der Waals surface area contributed by atoms with Gasteiger partial charge in [0, 0.05) is 5.56 Å². The van der Waals surface area contributed by atoms with Gasteiger partial charge in [0.15, 0.2) is 8.32 Å². The molecule has 0 saturated heterocycles. The molecule has 0 saturated carbocycles. The maximum atomic E-state index is 13.4. The molecule has 1 aromatic heterocycles. The first-order valence-corrected chi connectivity index (χ1v) is 9.09. The average Bonchev–Trinajstić information content (AvgIpc) is 2.24. The van der Waals surface area contributed by atoms with E-state index in [9.17, 15) is 13.9 Å². The summed E-state index contributed by atoms with van der Waals surface area (Å²) in [6, 6.07) is 2.21. The van der Waals surface area contributed by atoms with Crippen LogP contribution in [0.15, 0.2) is 12.1 Å². The van der Waals surface area contributed by atoms with E-state index in [1.807, 2.05) is 13.1 Å². The summed E-state index contributed by atoms with van der Waals surface area (Å²) >= 11 is 0. The SMILES string of the molecule is CC(C)(C)[Si](C)(C)OCC(O)c1ccc(F)nc1F. The first kappa shape index (κ1) is 16.2. The van der Waals surface area contributed by atoms with Crippen molar-refractivity contribution in [1.29, 1.82) is 0 Å². The van der Waals surface area contributed by atoms with Crippen molar-refractivity contribution in [1.82, 2.24) is 4.98 Å². The molecular formula is C13H21F2NO2Si. The number of pyridine rings is 1. The lowest BCUT2D eigenvalue weighted by molar-refractivity contribution is 0.0964. The zero-order chi connectivity index (χ0) is 14.8. The molecule has 0 amide bonds. The van der Waals surface area contributed by atoms with Gasteiger partial charge in [-0.3, -0.25) is 0 Å². The summed E-state index contributed by atoms with van der Waals surface area (Å²) in [5, 5.41) is 9.92. The normalized spacial score (nSPS) is 14.5. The topological polar surface area (TPSA) is 42.4 Å². The second kappa shape index (κ2) is 5.64. The molecule has 0 fully saturated rings. The van der Waals surface area contributed by atoms with Gasteiger partial charge >= 0.3 is 0 Å². The van der Waals surface area contributed by atoms with Crippen LogP contribution in [0, 0.1) is 11.9 Å². The van der Waals surface area contributed by atoms with E-state index in [0.29, 0.717) is 0 Å². The van der Waals surface area contributed by atoms with E-state index in [-0.39, 0.29) is 17.2 Å². The number of rotatable bonds is 4. The molecule has 1 N–H and O–H groups in total. The van der Waals surface area contributed by atoms with Crippen LogP contribution in [0.4, 0.5) is 8.78 Å². The molecule has 0 aliphatic heterocycles. The van der Waals surface area contributed by atoms with Gasteiger partial charge in [0.25, 0.3) is 0 Å². The van der Waals surface area contributed by atoms with Gasteiger partial charge in [-0.1, -0.05) is 20.8 Å². The van der Waals surface area contributed by atoms with Gasteiger partial charge < -0.3 is 9.53 Å². The number of hydrogen-bond donors (Lipinski definition) is 1. The van der Waals surface area contributed by atoms with E-state index in [2.05, 4.69) is 25.8 Å². The fourth-order valence-electron chi connectivity index (χ4n) is 1.27. The van der Waals surface area contributed by atoms with Crippen molar-refractivity contribution in [2.45, 2.75) is 45.0 Å². The standard InChI is InChI=1S/C13H21F2NO2Si/c1-13(2,3)19(4,5)18-8-10(17)9-6-7-11(14)16-12(9)15/h6-7,10,17H,8H2,1-5H3. The molecule has 0 aliphatic carbocycles. The number of hydrogen-bond acceptors (Lipinski definition) is 3. The molecule has 1 atom stereocenters. The van der Waals surface area contributed by atoms with Gasteiger partial charge in [-0.05, 0) is 30.3 Å². The number of nitrogens with zero attached hydrogens (tertiary/aromatic N) is 1. The summed E-state index contributed by atoms with van der Waals surface area (Å²) in [6.45, 7) is 10.3. The third-order valence-corrected chi connectivity index (χ3v) is 8.11. The third-order valence-electron chi connectivity index (χ3n) is 3.61. The van der Waals surface area contributed by atoms with Crippen molar-refractivity contribution in [3.63, 3.8) is 0 Å². The van der Waals surface area contributed by atoms with Crippen molar-refractivity contribution in [2.24, 2.45) is 0 Å². The molecule has 3 nitrogen and oxygen atoms in total. The predicted molar refractivity (Wildman–Crippen MR) is 72.3 cm³/mol. The van der Waals surface area contributed by atoms with Crippen LogP contribution in [-0.4, -0.2) is 25.0 Å². The lowest BCUT2D eigenvalue weighted by Gasteiger charge is -2.36. The van der Waals surface area contributed by atoms with E-state index in [0.717, 1.165) is 6.07 Å². The smallest absolute Gasteiger partial charge is 0.221 e. The molecule has 0 bridgehead atoms. The maximum absolute atomic E-state index is 13.4. The number of aliphatic hydroxyl groups excluding tert-OH is 1. The van der Waals surface area contributed by atoms with Gasteiger partial charge in [-0.25, -0.2) is 0 Å². The Labute approximate surface area is 113 Å². The van der Waals surface area contributed by atoms with E-state index < -0.39 is 26.3 Å². The Morgan fingerprint density at radius 3 is 2.37 bits per heavy atom. The van der Waals surface area contributed by atoms with Crippen LogP contribution in [0.5, 0.6) is 0 Å². The van der Waals surface area contributed by atoms with Crippen LogP contribution < -0.4 is 0 Å². The first-order chi connectivity index (χ1) is 8.54. The Morgan fingerprint density at radius 1 is 1.32 bits per heavy atom. The third kappa shape index (κ3) is 4.06. The Balaban J connectivity index is 2.73. The Kier molecular flexibility index (Phi) is 4.81. The molecule has 1 heterocycles. The second-order valence-electron chi connectivity index (χ2n) is 6.10. The monoisotopic (exact) mass is 289 g/mol. The summed E-state index contributed by atoms with van der Waals surface area (Å²) < 4.78 is 31.9. The number of aliphatic hydroxyl groups is 1. The molecule has 0 radical (unpaired) electrons. The molecule has 1 aromatic rings. The second-order valence-corrected chi connectivity index (χ2v) is 10.9. The predicted octanol–water partition coefficient (Wildman–Crippen LogP) is 3.42. The Morgan fingerprint density at radius 2 is 1.89 bits per heavy atom. The van der Waals surface area contributed by atoms with Crippen molar-refractivity contribution in [3.05, 3.63) is 29.6 Å². The summed E-state index contributed by atoms with van der Waals surface area (Å²) in [5.74, 6) is -1.90. The fourth-order valence-corrected chi connectivity index (χ4v) is 2.27. The van der Waals surface area contributed by atoms with Gasteiger partial charge in [-0.15, -0.1) is 0 Å². The van der Waals surface area contributed by atoms with Gasteiger partial charge in [0.05, 0.1) is 6.61 Å². The van der Waals surface area contributed by atoms with Crippen LogP contribution in [-0.2, 0) is 4.43 Å². The van der Waals surface area contributed by atoms with E-state index in [4.69, 9.17) is 4.43 Å². The minimum Gasteiger partial charge on any atom is -0.414 e. The summed E-state index contributed by atoms with van der Waals surface area (Å²) in [7, 11) is -2.01. The molecular weight excluding hydrogens is 268 g/mol. The zero-order valence-electron chi connectivity index (χ0n) is 12.0. The lowest BCUT2D eigenvalue weighted by atomic mass is 10.2. The Bertz CT molecular complexity index is 447. The van der Waals surface area contributed by atoms with Crippen molar-refractivity contribution in [2.75, 3.05) is 6.61 Å². The minimum atomic E-state index is -2.01. The fraction of sp³-hybridized carbons (Fsp3) is 0.615. The highest BCUT2D eigenvalue weighted by Crippen LogP contribution is 2.37. The highest BCUT2D eigenvalue weighted by atomic mass is 28.4. The molecule has 1 unspecified atom stereocenters. The number of aromatic nitrogens is 1. The molecule has 108 valence electrons. The molecule has 19 heavy (non-hydrogen) atoms. The first-order valence-electron chi connectivity index (χ1n) is 6.18. The van der Waals surface area contributed by atoms with Crippen molar-refractivity contribution < 1.29 is 18.3 Å². The molecule has 1 rings (SSSR count). The van der Waals surface area contributed by atoms with E-state index in [1.165, 1.54) is 6.07 Å². The number of halogens is 2. The van der Waals surface area contributed by atoms with Crippen LogP contribution >= 0.6 is 0 Å². The zero-order valence-corrected chi connectivity index (χ0v) is 13.0. The molecule has 0 aliphatic rings. The highest BCUT2D eigenvalue weighted by Gasteiger charge is 2.37. The molecule has 0 aromatic carbocycles. The summed E-state index contributed by atoms with van der Waals surface area (Å²) in [5.41, 5.74) is -0.0416. The lowest BCUT2D eigenvalue weighted by Crippen LogP contribution is -2.41. The quantitative estimate of drug-likeness (QED) is 0.682. The maximum Gasteiger partial charge on any atom is 0.221 e. The van der Waals surface area contributed by atoms with E-state index in [1.54, 1.807) is 0 Å². The molecule has 0 spiro atoms. The molecule has 6 heteroatoms. The van der Waals surface area contributed by atoms with Crippen molar-refractivity contribution in [3.8, 4) is 0 Å². The van der Waals surface area contributed by atoms with Crippen LogP contribution in [0.2, 0.25) is 18.1 Å². The van der Waals surface area contributed by atoms with Gasteiger partial charge in [0.1, 0.15) is 6.10 Å². The highest BCUT2D eigenvalue weighted by molar-refractivity contribution is 6.74. The van der Waals surface area contributed by atoms with E-state index >= 15 is 0 Å². The summed E-state index contributed by atoms with van der Waals surface area (Å²) in [6.07, 6.45) is -1.14. The average molecular weight is 289 g/mol. The van der Waals surface area contributed by atoms with Gasteiger partial charge in [0.2, 0.25) is 11.9 Å². The minimum absolute atomic E-state index is 0.00626. The summed E-state index contributed by atoms with van der Waals surface area (Å²) in [4.78, 5) is 3.05. The van der Waals surface area contributed by atoms with Crippen LogP contribution in [0.3, 0.4) is 0 Å². The largest absolute Gasteiger partial charge is 0.414 e.